The number of nitriles is 1. The summed E-state index contributed by atoms with van der Waals surface area (Å²) in [6.07, 6.45) is 0.0642. The fourth-order valence-corrected chi connectivity index (χ4v) is 2.38. The number of carbonyl (C=O) groups is 2. The first kappa shape index (κ1) is 16.8. The fourth-order valence-electron chi connectivity index (χ4n) is 1.35. The highest BCUT2D eigenvalue weighted by atomic mass is 32.2. The zero-order valence-electron chi connectivity index (χ0n) is 11.3. The molecule has 7 nitrogen and oxygen atoms in total. The van der Waals surface area contributed by atoms with E-state index in [-0.39, 0.29) is 35.8 Å². The van der Waals surface area contributed by atoms with Gasteiger partial charge < -0.3 is 4.74 Å². The molecule has 0 unspecified atom stereocenters. The van der Waals surface area contributed by atoms with Crippen molar-refractivity contribution in [1.82, 2.24) is 4.72 Å². The van der Waals surface area contributed by atoms with Gasteiger partial charge in [-0.15, -0.1) is 0 Å². The van der Waals surface area contributed by atoms with Crippen LogP contribution in [0.5, 0.6) is 0 Å². The Morgan fingerprint density at radius 3 is 2.43 bits per heavy atom. The molecule has 0 fully saturated rings. The average molecular weight is 310 g/mol. The Balaban J connectivity index is 2.76. The van der Waals surface area contributed by atoms with Crippen LogP contribution in [0, 0.1) is 11.3 Å². The third-order valence-electron chi connectivity index (χ3n) is 2.34. The lowest BCUT2D eigenvalue weighted by Gasteiger charge is -2.06. The zero-order valence-corrected chi connectivity index (χ0v) is 12.1. The van der Waals surface area contributed by atoms with E-state index < -0.39 is 16.0 Å². The van der Waals surface area contributed by atoms with Crippen LogP contribution in [0.1, 0.15) is 23.7 Å². The van der Waals surface area contributed by atoms with Crippen molar-refractivity contribution in [2.75, 3.05) is 13.2 Å². The molecule has 0 bridgehead atoms. The molecular weight excluding hydrogens is 296 g/mol. The van der Waals surface area contributed by atoms with Gasteiger partial charge in [0.1, 0.15) is 6.61 Å². The van der Waals surface area contributed by atoms with E-state index >= 15 is 0 Å². The van der Waals surface area contributed by atoms with Gasteiger partial charge in [-0.25, -0.2) is 17.9 Å². The summed E-state index contributed by atoms with van der Waals surface area (Å²) >= 11 is 0. The quantitative estimate of drug-likeness (QED) is 0.583. The number of hydrogen-bond donors (Lipinski definition) is 1. The van der Waals surface area contributed by atoms with E-state index in [9.17, 15) is 18.0 Å². The van der Waals surface area contributed by atoms with Gasteiger partial charge in [0, 0.05) is 13.0 Å². The molecule has 0 heterocycles. The third kappa shape index (κ3) is 5.33. The van der Waals surface area contributed by atoms with Crippen LogP contribution in [0.3, 0.4) is 0 Å². The second-order valence-corrected chi connectivity index (χ2v) is 5.88. The Bertz CT molecular complexity index is 659. The number of benzene rings is 1. The molecule has 8 heteroatoms. The maximum atomic E-state index is 11.8. The van der Waals surface area contributed by atoms with Crippen LogP contribution >= 0.6 is 0 Å². The first-order valence-corrected chi connectivity index (χ1v) is 7.48. The summed E-state index contributed by atoms with van der Waals surface area (Å²) in [5.41, 5.74) is 0.146. The number of rotatable bonds is 7. The lowest BCUT2D eigenvalue weighted by atomic mass is 10.2. The van der Waals surface area contributed by atoms with Gasteiger partial charge in [-0.3, -0.25) is 4.79 Å². The number of Topliss-reactive ketones (excluding diaryl/α,β-unsaturated/α-hetero) is 1. The van der Waals surface area contributed by atoms with E-state index in [1.165, 1.54) is 31.2 Å². The minimum absolute atomic E-state index is 0.0151. The van der Waals surface area contributed by atoms with Crippen molar-refractivity contribution < 1.29 is 22.7 Å². The van der Waals surface area contributed by atoms with Crippen molar-refractivity contribution in [1.29, 1.82) is 5.26 Å². The molecule has 0 saturated heterocycles. The zero-order chi connectivity index (χ0) is 15.9. The van der Waals surface area contributed by atoms with E-state index in [1.54, 1.807) is 0 Å². The Hall–Kier alpha value is -2.24. The summed E-state index contributed by atoms with van der Waals surface area (Å²) in [5, 5.41) is 8.36. The summed E-state index contributed by atoms with van der Waals surface area (Å²) in [5.74, 6) is -0.990. The van der Waals surface area contributed by atoms with Crippen LogP contribution < -0.4 is 4.72 Å². The summed E-state index contributed by atoms with van der Waals surface area (Å²) in [6.45, 7) is 0.978. The van der Waals surface area contributed by atoms with E-state index in [4.69, 9.17) is 10.00 Å². The summed E-state index contributed by atoms with van der Waals surface area (Å²) in [6, 6.07) is 6.91. The molecule has 0 aromatic heterocycles. The van der Waals surface area contributed by atoms with Gasteiger partial charge in [-0.1, -0.05) is 0 Å². The molecule has 1 aromatic rings. The molecule has 21 heavy (non-hydrogen) atoms. The maximum Gasteiger partial charge on any atom is 0.338 e. The van der Waals surface area contributed by atoms with Crippen molar-refractivity contribution in [3.8, 4) is 6.07 Å². The fraction of sp³-hybridized carbons (Fsp3) is 0.308. The molecule has 112 valence electrons. The lowest BCUT2D eigenvalue weighted by Crippen LogP contribution is -2.24. The van der Waals surface area contributed by atoms with E-state index in [0.29, 0.717) is 0 Å². The van der Waals surface area contributed by atoms with E-state index in [0.717, 1.165) is 0 Å². The molecule has 0 saturated carbocycles. The van der Waals surface area contributed by atoms with Crippen molar-refractivity contribution in [2.45, 2.75) is 18.2 Å². The van der Waals surface area contributed by atoms with E-state index in [1.807, 2.05) is 6.07 Å². The van der Waals surface area contributed by atoms with E-state index in [2.05, 4.69) is 4.72 Å². The number of esters is 1. The highest BCUT2D eigenvalue weighted by molar-refractivity contribution is 7.89. The molecule has 0 radical (unpaired) electrons. The molecule has 0 aliphatic carbocycles. The van der Waals surface area contributed by atoms with Gasteiger partial charge in [-0.2, -0.15) is 5.26 Å². The summed E-state index contributed by atoms with van der Waals surface area (Å²) < 4.78 is 30.6. The minimum atomic E-state index is -3.71. The number of carbonyl (C=O) groups excluding carboxylic acids is 2. The predicted molar refractivity (Wildman–Crippen MR) is 72.8 cm³/mol. The molecule has 0 aliphatic rings. The Labute approximate surface area is 122 Å². The highest BCUT2D eigenvalue weighted by Gasteiger charge is 2.15. The second kappa shape index (κ2) is 7.52. The Kier molecular flexibility index (Phi) is 6.02. The van der Waals surface area contributed by atoms with Crippen molar-refractivity contribution in [2.24, 2.45) is 0 Å². The standard InChI is InChI=1S/C13H14N2O5S/c1-10(16)9-20-13(17)11-3-5-12(6-4-11)21(18,19)15-8-2-7-14/h3-6,15H,2,8-9H2,1H3. The highest BCUT2D eigenvalue weighted by Crippen LogP contribution is 2.11. The first-order valence-electron chi connectivity index (χ1n) is 6.00. The maximum absolute atomic E-state index is 11.8. The van der Waals surface area contributed by atoms with Crippen LogP contribution in [-0.2, 0) is 19.6 Å². The second-order valence-electron chi connectivity index (χ2n) is 4.11. The van der Waals surface area contributed by atoms with Crippen molar-refractivity contribution in [3.05, 3.63) is 29.8 Å². The molecular formula is C13H14N2O5S. The van der Waals surface area contributed by atoms with Crippen LogP contribution in [0.25, 0.3) is 0 Å². The molecule has 0 aliphatic heterocycles. The van der Waals surface area contributed by atoms with Crippen LogP contribution in [0.2, 0.25) is 0 Å². The summed E-state index contributed by atoms with van der Waals surface area (Å²) in [4.78, 5) is 22.2. The van der Waals surface area contributed by atoms with Gasteiger partial charge >= 0.3 is 5.97 Å². The summed E-state index contributed by atoms with van der Waals surface area (Å²) in [7, 11) is -3.71. The Morgan fingerprint density at radius 2 is 1.90 bits per heavy atom. The molecule has 0 atom stereocenters. The smallest absolute Gasteiger partial charge is 0.338 e. The van der Waals surface area contributed by atoms with Crippen molar-refractivity contribution >= 4 is 21.8 Å². The van der Waals surface area contributed by atoms with Gasteiger partial charge in [-0.05, 0) is 31.2 Å². The minimum Gasteiger partial charge on any atom is -0.454 e. The normalized spacial score (nSPS) is 10.7. The van der Waals surface area contributed by atoms with Crippen LogP contribution in [0.4, 0.5) is 0 Å². The number of hydrogen-bond acceptors (Lipinski definition) is 6. The number of nitrogens with zero attached hydrogens (tertiary/aromatic N) is 1. The molecule has 1 aromatic carbocycles. The molecule has 1 rings (SSSR count). The molecule has 0 amide bonds. The largest absolute Gasteiger partial charge is 0.454 e. The average Bonchev–Trinajstić information content (AvgIpc) is 2.45. The lowest BCUT2D eigenvalue weighted by molar-refractivity contribution is -0.120. The predicted octanol–water partition coefficient (Wildman–Crippen LogP) is 0.624. The molecule has 0 spiro atoms. The first-order chi connectivity index (χ1) is 9.86. The monoisotopic (exact) mass is 310 g/mol. The third-order valence-corrected chi connectivity index (χ3v) is 3.81. The number of nitrogens with one attached hydrogen (secondary N) is 1. The Morgan fingerprint density at radius 1 is 1.29 bits per heavy atom. The number of ketones is 1. The van der Waals surface area contributed by atoms with Gasteiger partial charge in [0.2, 0.25) is 10.0 Å². The van der Waals surface area contributed by atoms with Gasteiger partial charge in [0.15, 0.2) is 5.78 Å². The van der Waals surface area contributed by atoms with Crippen LogP contribution in [-0.4, -0.2) is 33.3 Å². The number of ether oxygens (including phenoxy) is 1. The van der Waals surface area contributed by atoms with Crippen LogP contribution in [0.15, 0.2) is 29.2 Å². The molecule has 1 N–H and O–H groups in total. The SMILES string of the molecule is CC(=O)COC(=O)c1ccc(S(=O)(=O)NCCC#N)cc1. The van der Waals surface area contributed by atoms with Gasteiger partial charge in [0.25, 0.3) is 0 Å². The topological polar surface area (TPSA) is 113 Å². The number of sulfonamides is 1. The van der Waals surface area contributed by atoms with Crippen molar-refractivity contribution in [3.63, 3.8) is 0 Å². The van der Waals surface area contributed by atoms with Gasteiger partial charge in [0.05, 0.1) is 16.5 Å².